The molecule has 106 valence electrons. The molecule has 2 heterocycles. The van der Waals surface area contributed by atoms with Crippen molar-refractivity contribution in [1.29, 1.82) is 0 Å². The molecule has 21 heavy (non-hydrogen) atoms. The summed E-state index contributed by atoms with van der Waals surface area (Å²) in [5.74, 6) is 0.795. The lowest BCUT2D eigenvalue weighted by molar-refractivity contribution is 0.797. The minimum absolute atomic E-state index is 0.692. The molecule has 0 fully saturated rings. The highest BCUT2D eigenvalue weighted by atomic mass is 15.0. The second kappa shape index (κ2) is 6.17. The Balaban J connectivity index is 1.66. The van der Waals surface area contributed by atoms with E-state index in [0.29, 0.717) is 6.54 Å². The van der Waals surface area contributed by atoms with E-state index >= 15 is 0 Å². The van der Waals surface area contributed by atoms with Gasteiger partial charge in [0.25, 0.3) is 0 Å². The van der Waals surface area contributed by atoms with Crippen LogP contribution in [0.5, 0.6) is 0 Å². The van der Waals surface area contributed by atoms with Crippen LogP contribution in [0.3, 0.4) is 0 Å². The number of aryl methyl sites for hydroxylation is 1. The fourth-order valence-electron chi connectivity index (χ4n) is 2.17. The maximum Gasteiger partial charge on any atom is 0.125 e. The number of hydrogen-bond donors (Lipinski definition) is 1. The first-order valence-corrected chi connectivity index (χ1v) is 6.87. The predicted octanol–water partition coefficient (Wildman–Crippen LogP) is 2.64. The number of benzene rings is 1. The number of imidazole rings is 1. The SMILES string of the molecule is Cc1nccc(CNc2cccc(Cn3ccnc3)c2)n1. The standard InChI is InChI=1S/C16H17N5/c1-13-18-6-5-16(20-13)10-19-15-4-2-3-14(9-15)11-21-8-7-17-12-21/h2-9,12,19H,10-11H2,1H3. The Bertz CT molecular complexity index is 706. The maximum atomic E-state index is 4.39. The van der Waals surface area contributed by atoms with Crippen LogP contribution in [-0.2, 0) is 13.1 Å². The molecule has 0 atom stereocenters. The van der Waals surface area contributed by atoms with Crippen LogP contribution in [0.1, 0.15) is 17.1 Å². The monoisotopic (exact) mass is 279 g/mol. The number of nitrogens with one attached hydrogen (secondary N) is 1. The van der Waals surface area contributed by atoms with Crippen molar-refractivity contribution in [3.8, 4) is 0 Å². The largest absolute Gasteiger partial charge is 0.379 e. The van der Waals surface area contributed by atoms with Crippen LogP contribution >= 0.6 is 0 Å². The topological polar surface area (TPSA) is 55.6 Å². The van der Waals surface area contributed by atoms with Crippen molar-refractivity contribution in [3.05, 3.63) is 72.3 Å². The van der Waals surface area contributed by atoms with Gasteiger partial charge < -0.3 is 9.88 Å². The van der Waals surface area contributed by atoms with Gasteiger partial charge in [-0.25, -0.2) is 15.0 Å². The highest BCUT2D eigenvalue weighted by molar-refractivity contribution is 5.46. The Morgan fingerprint density at radius 3 is 2.95 bits per heavy atom. The molecular weight excluding hydrogens is 262 g/mol. The van der Waals surface area contributed by atoms with Crippen LogP contribution in [0, 0.1) is 6.92 Å². The summed E-state index contributed by atoms with van der Waals surface area (Å²) >= 11 is 0. The molecule has 2 aromatic heterocycles. The molecule has 5 heteroatoms. The molecule has 0 saturated carbocycles. The van der Waals surface area contributed by atoms with Gasteiger partial charge in [-0.1, -0.05) is 12.1 Å². The van der Waals surface area contributed by atoms with E-state index in [1.807, 2.05) is 30.1 Å². The summed E-state index contributed by atoms with van der Waals surface area (Å²) in [6, 6.07) is 10.3. The van der Waals surface area contributed by atoms with Crippen molar-refractivity contribution in [2.75, 3.05) is 5.32 Å². The minimum Gasteiger partial charge on any atom is -0.379 e. The van der Waals surface area contributed by atoms with Crippen molar-refractivity contribution >= 4 is 5.69 Å². The van der Waals surface area contributed by atoms with Crippen molar-refractivity contribution in [3.63, 3.8) is 0 Å². The van der Waals surface area contributed by atoms with E-state index in [4.69, 9.17) is 0 Å². The zero-order valence-corrected chi connectivity index (χ0v) is 11.9. The lowest BCUT2D eigenvalue weighted by Crippen LogP contribution is -2.04. The molecule has 3 rings (SSSR count). The molecule has 0 spiro atoms. The Kier molecular flexibility index (Phi) is 3.91. The number of nitrogens with zero attached hydrogens (tertiary/aromatic N) is 4. The predicted molar refractivity (Wildman–Crippen MR) is 81.9 cm³/mol. The quantitative estimate of drug-likeness (QED) is 0.780. The third kappa shape index (κ3) is 3.66. The van der Waals surface area contributed by atoms with Gasteiger partial charge in [0.15, 0.2) is 0 Å². The third-order valence-corrected chi connectivity index (χ3v) is 3.16. The first-order chi connectivity index (χ1) is 10.3. The van der Waals surface area contributed by atoms with E-state index in [0.717, 1.165) is 23.8 Å². The molecule has 0 amide bonds. The van der Waals surface area contributed by atoms with Crippen molar-refractivity contribution in [2.45, 2.75) is 20.0 Å². The van der Waals surface area contributed by atoms with Gasteiger partial charge in [-0.3, -0.25) is 0 Å². The van der Waals surface area contributed by atoms with Crippen molar-refractivity contribution in [2.24, 2.45) is 0 Å². The normalized spacial score (nSPS) is 10.5. The molecule has 0 bridgehead atoms. The van der Waals surface area contributed by atoms with Crippen LogP contribution in [0.2, 0.25) is 0 Å². The fourth-order valence-corrected chi connectivity index (χ4v) is 2.17. The smallest absolute Gasteiger partial charge is 0.125 e. The summed E-state index contributed by atoms with van der Waals surface area (Å²) in [4.78, 5) is 12.5. The Hall–Kier alpha value is -2.69. The van der Waals surface area contributed by atoms with Gasteiger partial charge in [0, 0.05) is 30.8 Å². The summed E-state index contributed by atoms with van der Waals surface area (Å²) in [5, 5.41) is 3.39. The lowest BCUT2D eigenvalue weighted by Gasteiger charge is -2.09. The second-order valence-electron chi connectivity index (χ2n) is 4.88. The molecule has 0 aliphatic rings. The van der Waals surface area contributed by atoms with Crippen molar-refractivity contribution < 1.29 is 0 Å². The highest BCUT2D eigenvalue weighted by Crippen LogP contribution is 2.13. The Morgan fingerprint density at radius 1 is 1.19 bits per heavy atom. The van der Waals surface area contributed by atoms with Gasteiger partial charge in [-0.2, -0.15) is 0 Å². The van der Waals surface area contributed by atoms with E-state index in [1.54, 1.807) is 12.4 Å². The van der Waals surface area contributed by atoms with Gasteiger partial charge in [-0.15, -0.1) is 0 Å². The zero-order valence-electron chi connectivity index (χ0n) is 11.9. The molecule has 5 nitrogen and oxygen atoms in total. The van der Waals surface area contributed by atoms with E-state index < -0.39 is 0 Å². The molecule has 0 aliphatic carbocycles. The maximum absolute atomic E-state index is 4.39. The summed E-state index contributed by atoms with van der Waals surface area (Å²) in [6.45, 7) is 3.41. The molecular formula is C16H17N5. The minimum atomic E-state index is 0.692. The summed E-state index contributed by atoms with van der Waals surface area (Å²) in [5.41, 5.74) is 3.31. The van der Waals surface area contributed by atoms with Gasteiger partial charge in [0.2, 0.25) is 0 Å². The molecule has 0 aliphatic heterocycles. The average Bonchev–Trinajstić information content (AvgIpc) is 2.99. The summed E-state index contributed by atoms with van der Waals surface area (Å²) < 4.78 is 2.05. The number of hydrogen-bond acceptors (Lipinski definition) is 4. The zero-order chi connectivity index (χ0) is 14.5. The van der Waals surface area contributed by atoms with E-state index in [1.165, 1.54) is 5.56 Å². The second-order valence-corrected chi connectivity index (χ2v) is 4.88. The highest BCUT2D eigenvalue weighted by Gasteiger charge is 1.99. The Morgan fingerprint density at radius 2 is 2.14 bits per heavy atom. The van der Waals surface area contributed by atoms with Crippen LogP contribution in [0.15, 0.2) is 55.2 Å². The number of aromatic nitrogens is 4. The summed E-state index contributed by atoms with van der Waals surface area (Å²) in [7, 11) is 0. The van der Waals surface area contributed by atoms with Crippen LogP contribution < -0.4 is 5.32 Å². The third-order valence-electron chi connectivity index (χ3n) is 3.16. The van der Waals surface area contributed by atoms with Gasteiger partial charge >= 0.3 is 0 Å². The fraction of sp³-hybridized carbons (Fsp3) is 0.188. The lowest BCUT2D eigenvalue weighted by atomic mass is 10.2. The summed E-state index contributed by atoms with van der Waals surface area (Å²) in [6.07, 6.45) is 7.36. The van der Waals surface area contributed by atoms with Gasteiger partial charge in [0.05, 0.1) is 18.6 Å². The Labute approximate surface area is 123 Å². The van der Waals surface area contributed by atoms with E-state index in [2.05, 4.69) is 44.5 Å². The molecule has 1 aromatic carbocycles. The van der Waals surface area contributed by atoms with Crippen LogP contribution in [0.25, 0.3) is 0 Å². The van der Waals surface area contributed by atoms with E-state index in [-0.39, 0.29) is 0 Å². The molecule has 3 aromatic rings. The molecule has 0 unspecified atom stereocenters. The molecule has 0 radical (unpaired) electrons. The number of anilines is 1. The van der Waals surface area contributed by atoms with Crippen molar-refractivity contribution in [1.82, 2.24) is 19.5 Å². The number of rotatable bonds is 5. The van der Waals surface area contributed by atoms with Crippen LogP contribution in [0.4, 0.5) is 5.69 Å². The molecule has 0 saturated heterocycles. The van der Waals surface area contributed by atoms with Gasteiger partial charge in [0.1, 0.15) is 5.82 Å². The molecule has 1 N–H and O–H groups in total. The van der Waals surface area contributed by atoms with Crippen LogP contribution in [-0.4, -0.2) is 19.5 Å². The van der Waals surface area contributed by atoms with Gasteiger partial charge in [-0.05, 0) is 30.7 Å². The first-order valence-electron chi connectivity index (χ1n) is 6.87. The van der Waals surface area contributed by atoms with E-state index in [9.17, 15) is 0 Å². The first kappa shape index (κ1) is 13.3. The average molecular weight is 279 g/mol.